The fraction of sp³-hybridized carbons (Fsp3) is 0.269. The number of carbonyl (C=O) groups excluding carboxylic acids is 1. The van der Waals surface area contributed by atoms with E-state index in [0.29, 0.717) is 6.04 Å². The fourth-order valence-electron chi connectivity index (χ4n) is 4.58. The molecule has 0 aliphatic carbocycles. The molecular weight excluding hydrogens is 398 g/mol. The van der Waals surface area contributed by atoms with Crippen LogP contribution in [0.15, 0.2) is 73.1 Å². The van der Waals surface area contributed by atoms with Gasteiger partial charge >= 0.3 is 0 Å². The maximum absolute atomic E-state index is 13.1. The number of nitrogens with zero attached hydrogens (tertiary/aromatic N) is 3. The number of nitrogens with one attached hydrogen (secondary N) is 2. The second kappa shape index (κ2) is 8.93. The molecule has 0 saturated carbocycles. The summed E-state index contributed by atoms with van der Waals surface area (Å²) in [5.41, 5.74) is 4.89. The number of piperidine rings is 1. The van der Waals surface area contributed by atoms with E-state index in [1.165, 1.54) is 5.56 Å². The summed E-state index contributed by atoms with van der Waals surface area (Å²) in [5.74, 6) is 0.0675. The maximum Gasteiger partial charge on any atom is 0.228 e. The summed E-state index contributed by atoms with van der Waals surface area (Å²) in [6.07, 6.45) is 5.46. The second-order valence-electron chi connectivity index (χ2n) is 8.48. The van der Waals surface area contributed by atoms with Gasteiger partial charge < -0.3 is 5.32 Å². The van der Waals surface area contributed by atoms with Gasteiger partial charge in [0.15, 0.2) is 0 Å². The molecule has 6 heteroatoms. The molecule has 0 radical (unpaired) electrons. The van der Waals surface area contributed by atoms with Gasteiger partial charge in [-0.1, -0.05) is 30.3 Å². The summed E-state index contributed by atoms with van der Waals surface area (Å²) in [4.78, 5) is 19.6. The summed E-state index contributed by atoms with van der Waals surface area (Å²) in [6, 6.07) is 20.6. The summed E-state index contributed by atoms with van der Waals surface area (Å²) in [7, 11) is 0. The van der Waals surface area contributed by atoms with E-state index in [2.05, 4.69) is 56.6 Å². The van der Waals surface area contributed by atoms with Crippen molar-refractivity contribution in [3.63, 3.8) is 0 Å². The SMILES string of the molecule is CC(c1ccccc1)N1CCC[C@H](C(=O)Nc2ccc3[nH]nc(-c4ccncc4)c3c2)C1. The van der Waals surface area contributed by atoms with E-state index in [4.69, 9.17) is 0 Å². The zero-order valence-corrected chi connectivity index (χ0v) is 18.2. The molecule has 3 heterocycles. The van der Waals surface area contributed by atoms with Crippen LogP contribution in [-0.2, 0) is 4.79 Å². The second-order valence-corrected chi connectivity index (χ2v) is 8.48. The number of fused-ring (bicyclic) bond motifs is 1. The van der Waals surface area contributed by atoms with Crippen molar-refractivity contribution in [3.05, 3.63) is 78.6 Å². The van der Waals surface area contributed by atoms with Gasteiger partial charge in [-0.05, 0) is 62.2 Å². The first-order chi connectivity index (χ1) is 15.7. The molecule has 5 rings (SSSR count). The molecule has 1 aliphatic heterocycles. The molecule has 1 fully saturated rings. The summed E-state index contributed by atoms with van der Waals surface area (Å²) >= 11 is 0. The van der Waals surface area contributed by atoms with E-state index in [9.17, 15) is 4.79 Å². The quantitative estimate of drug-likeness (QED) is 0.470. The molecule has 4 aromatic rings. The minimum Gasteiger partial charge on any atom is -0.326 e. The molecule has 2 atom stereocenters. The van der Waals surface area contributed by atoms with Crippen molar-refractivity contribution >= 4 is 22.5 Å². The highest BCUT2D eigenvalue weighted by molar-refractivity contribution is 5.99. The monoisotopic (exact) mass is 425 g/mol. The lowest BCUT2D eigenvalue weighted by Gasteiger charge is -2.36. The number of pyridine rings is 1. The van der Waals surface area contributed by atoms with Crippen molar-refractivity contribution in [2.45, 2.75) is 25.8 Å². The zero-order chi connectivity index (χ0) is 21.9. The van der Waals surface area contributed by atoms with Crippen LogP contribution >= 0.6 is 0 Å². The third-order valence-electron chi connectivity index (χ3n) is 6.44. The van der Waals surface area contributed by atoms with Gasteiger partial charge in [0, 0.05) is 41.6 Å². The lowest BCUT2D eigenvalue weighted by atomic mass is 9.94. The van der Waals surface area contributed by atoms with Crippen molar-refractivity contribution in [1.29, 1.82) is 0 Å². The number of H-pyrrole nitrogens is 1. The van der Waals surface area contributed by atoms with Gasteiger partial charge in [-0.25, -0.2) is 0 Å². The van der Waals surface area contributed by atoms with Crippen molar-refractivity contribution in [2.75, 3.05) is 18.4 Å². The summed E-state index contributed by atoms with van der Waals surface area (Å²) < 4.78 is 0. The Morgan fingerprint density at radius 1 is 1.12 bits per heavy atom. The highest BCUT2D eigenvalue weighted by atomic mass is 16.1. The number of hydrogen-bond donors (Lipinski definition) is 2. The number of benzene rings is 2. The third-order valence-corrected chi connectivity index (χ3v) is 6.44. The first-order valence-electron chi connectivity index (χ1n) is 11.2. The number of anilines is 1. The Balaban J connectivity index is 1.31. The van der Waals surface area contributed by atoms with Gasteiger partial charge in [0.25, 0.3) is 0 Å². The summed E-state index contributed by atoms with van der Waals surface area (Å²) in [6.45, 7) is 4.03. The van der Waals surface area contributed by atoms with Crippen LogP contribution in [0.1, 0.15) is 31.4 Å². The average Bonchev–Trinajstić information content (AvgIpc) is 3.28. The van der Waals surface area contributed by atoms with Crippen LogP contribution in [0.25, 0.3) is 22.2 Å². The molecule has 2 aromatic heterocycles. The van der Waals surface area contributed by atoms with Crippen molar-refractivity contribution in [2.24, 2.45) is 5.92 Å². The first-order valence-corrected chi connectivity index (χ1v) is 11.2. The highest BCUT2D eigenvalue weighted by Gasteiger charge is 2.28. The van der Waals surface area contributed by atoms with Gasteiger partial charge in [0.05, 0.1) is 11.4 Å². The molecular formula is C26H27N5O. The zero-order valence-electron chi connectivity index (χ0n) is 18.2. The Morgan fingerprint density at radius 3 is 2.75 bits per heavy atom. The fourth-order valence-corrected chi connectivity index (χ4v) is 4.58. The smallest absolute Gasteiger partial charge is 0.228 e. The standard InChI is InChI=1S/C26H27N5O/c1-18(19-6-3-2-4-7-19)31-15-5-8-21(17-31)26(32)28-22-9-10-24-23(16-22)25(30-29-24)20-11-13-27-14-12-20/h2-4,6-7,9-14,16,18,21H,5,8,15,17H2,1H3,(H,28,32)(H,29,30)/t18?,21-/m0/s1. The molecule has 1 saturated heterocycles. The Bertz CT molecular complexity index is 1200. The van der Waals surface area contributed by atoms with Gasteiger partial charge in [-0.15, -0.1) is 0 Å². The molecule has 1 amide bonds. The van der Waals surface area contributed by atoms with E-state index in [1.54, 1.807) is 12.4 Å². The van der Waals surface area contributed by atoms with Crippen LogP contribution in [0, 0.1) is 5.92 Å². The van der Waals surface area contributed by atoms with E-state index in [1.807, 2.05) is 36.4 Å². The molecule has 1 aliphatic rings. The van der Waals surface area contributed by atoms with E-state index >= 15 is 0 Å². The number of carbonyl (C=O) groups is 1. The average molecular weight is 426 g/mol. The number of aromatic nitrogens is 3. The van der Waals surface area contributed by atoms with E-state index in [0.717, 1.165) is 53.8 Å². The van der Waals surface area contributed by atoms with Gasteiger partial charge in [0.1, 0.15) is 5.69 Å². The Hall–Kier alpha value is -3.51. The largest absolute Gasteiger partial charge is 0.326 e. The maximum atomic E-state index is 13.1. The summed E-state index contributed by atoms with van der Waals surface area (Å²) in [5, 5.41) is 11.7. The predicted octanol–water partition coefficient (Wildman–Crippen LogP) is 5.04. The van der Waals surface area contributed by atoms with Crippen LogP contribution in [0.3, 0.4) is 0 Å². The van der Waals surface area contributed by atoms with E-state index in [-0.39, 0.29) is 11.8 Å². The normalized spacial score (nSPS) is 17.8. The van der Waals surface area contributed by atoms with Crippen molar-refractivity contribution in [1.82, 2.24) is 20.1 Å². The Kier molecular flexibility index (Phi) is 5.69. The highest BCUT2D eigenvalue weighted by Crippen LogP contribution is 2.30. The van der Waals surface area contributed by atoms with Gasteiger partial charge in [-0.2, -0.15) is 5.10 Å². The van der Waals surface area contributed by atoms with Crippen molar-refractivity contribution < 1.29 is 4.79 Å². The number of likely N-dealkylation sites (tertiary alicyclic amines) is 1. The number of rotatable bonds is 5. The first kappa shape index (κ1) is 20.4. The molecule has 2 N–H and O–H groups in total. The van der Waals surface area contributed by atoms with Gasteiger partial charge in [-0.3, -0.25) is 19.8 Å². The van der Waals surface area contributed by atoms with Crippen LogP contribution in [-0.4, -0.2) is 39.1 Å². The van der Waals surface area contributed by atoms with Crippen LogP contribution in [0.5, 0.6) is 0 Å². The Morgan fingerprint density at radius 2 is 1.94 bits per heavy atom. The number of aromatic amines is 1. The third kappa shape index (κ3) is 4.14. The molecule has 162 valence electrons. The molecule has 0 bridgehead atoms. The number of hydrogen-bond acceptors (Lipinski definition) is 4. The number of amides is 1. The van der Waals surface area contributed by atoms with Crippen molar-refractivity contribution in [3.8, 4) is 11.3 Å². The minimum atomic E-state index is -0.0189. The van der Waals surface area contributed by atoms with Crippen LogP contribution in [0.2, 0.25) is 0 Å². The molecule has 0 spiro atoms. The molecule has 6 nitrogen and oxygen atoms in total. The van der Waals surface area contributed by atoms with Crippen LogP contribution < -0.4 is 5.32 Å². The van der Waals surface area contributed by atoms with Crippen LogP contribution in [0.4, 0.5) is 5.69 Å². The topological polar surface area (TPSA) is 73.9 Å². The lowest BCUT2D eigenvalue weighted by Crippen LogP contribution is -2.41. The van der Waals surface area contributed by atoms with E-state index < -0.39 is 0 Å². The lowest BCUT2D eigenvalue weighted by molar-refractivity contribution is -0.121. The predicted molar refractivity (Wildman–Crippen MR) is 127 cm³/mol. The van der Waals surface area contributed by atoms with Gasteiger partial charge in [0.2, 0.25) is 5.91 Å². The minimum absolute atomic E-state index is 0.0189. The molecule has 2 aromatic carbocycles. The molecule has 32 heavy (non-hydrogen) atoms. The molecule has 1 unspecified atom stereocenters. The Labute approximate surface area is 187 Å².